The second-order valence-electron chi connectivity index (χ2n) is 4.53. The number of rotatable bonds is 6. The Bertz CT molecular complexity index is 753. The molecule has 6 heteroatoms. The van der Waals surface area contributed by atoms with E-state index >= 15 is 0 Å². The Hall–Kier alpha value is -3.33. The summed E-state index contributed by atoms with van der Waals surface area (Å²) in [6.07, 6.45) is 2.99. The first-order valence-corrected chi connectivity index (χ1v) is 6.73. The molecule has 1 N–H and O–H groups in total. The molecular weight excluding hydrogens is 296 g/mol. The van der Waals surface area contributed by atoms with E-state index in [1.165, 1.54) is 6.08 Å². The van der Waals surface area contributed by atoms with Gasteiger partial charge in [-0.15, -0.1) is 0 Å². The number of aromatic amines is 1. The molecule has 0 saturated carbocycles. The first-order chi connectivity index (χ1) is 11.1. The van der Waals surface area contributed by atoms with E-state index in [0.29, 0.717) is 17.0 Å². The summed E-state index contributed by atoms with van der Waals surface area (Å²) in [6.45, 7) is -0.430. The monoisotopic (exact) mass is 310 g/mol. The van der Waals surface area contributed by atoms with Gasteiger partial charge in [0.15, 0.2) is 6.61 Å². The number of Topliss-reactive ketones (excluding diaryl/α,β-unsaturated/α-hetero) is 1. The minimum atomic E-state index is -0.844. The zero-order valence-corrected chi connectivity index (χ0v) is 12.4. The number of nitrogens with zero attached hydrogens (tertiary/aromatic N) is 1. The van der Waals surface area contributed by atoms with E-state index < -0.39 is 12.6 Å². The maximum Gasteiger partial charge on any atom is 0.349 e. The Balaban J connectivity index is 2.01. The van der Waals surface area contributed by atoms with E-state index in [1.54, 1.807) is 55.8 Å². The number of nitriles is 1. The number of hydrogen-bond donors (Lipinski definition) is 1. The number of hydrogen-bond acceptors (Lipinski definition) is 5. The van der Waals surface area contributed by atoms with E-state index in [9.17, 15) is 9.59 Å². The summed E-state index contributed by atoms with van der Waals surface area (Å²) in [4.78, 5) is 26.3. The van der Waals surface area contributed by atoms with Crippen LogP contribution < -0.4 is 4.74 Å². The van der Waals surface area contributed by atoms with Crippen molar-refractivity contribution < 1.29 is 19.1 Å². The van der Waals surface area contributed by atoms with Crippen molar-refractivity contribution in [2.45, 2.75) is 0 Å². The maximum absolute atomic E-state index is 11.9. The van der Waals surface area contributed by atoms with Gasteiger partial charge in [0.25, 0.3) is 0 Å². The van der Waals surface area contributed by atoms with Crippen molar-refractivity contribution in [2.24, 2.45) is 0 Å². The molecule has 0 saturated heterocycles. The van der Waals surface area contributed by atoms with Crippen molar-refractivity contribution in [2.75, 3.05) is 13.7 Å². The fraction of sp³-hybridized carbons (Fsp3) is 0.118. The fourth-order valence-corrected chi connectivity index (χ4v) is 1.79. The fourth-order valence-electron chi connectivity index (χ4n) is 1.79. The summed E-state index contributed by atoms with van der Waals surface area (Å²) in [5.74, 6) is -0.548. The number of methoxy groups -OCH3 is 1. The second-order valence-corrected chi connectivity index (χ2v) is 4.53. The molecule has 0 atom stereocenters. The van der Waals surface area contributed by atoms with E-state index in [4.69, 9.17) is 14.7 Å². The first-order valence-electron chi connectivity index (χ1n) is 6.73. The molecule has 6 nitrogen and oxygen atoms in total. The van der Waals surface area contributed by atoms with Crippen LogP contribution in [0.15, 0.2) is 48.2 Å². The van der Waals surface area contributed by atoms with Gasteiger partial charge in [-0.05, 0) is 35.9 Å². The minimum Gasteiger partial charge on any atom is -0.497 e. The third kappa shape index (κ3) is 4.32. The van der Waals surface area contributed by atoms with Crippen LogP contribution in [0.1, 0.15) is 16.1 Å². The number of ketones is 1. The topological polar surface area (TPSA) is 92.2 Å². The molecule has 0 aliphatic rings. The molecule has 0 aliphatic heterocycles. The number of H-pyrrole nitrogens is 1. The molecule has 0 aliphatic carbocycles. The normalized spacial score (nSPS) is 10.7. The van der Waals surface area contributed by atoms with Gasteiger partial charge in [-0.3, -0.25) is 4.79 Å². The van der Waals surface area contributed by atoms with E-state index in [-0.39, 0.29) is 11.4 Å². The number of ether oxygens (including phenoxy) is 2. The largest absolute Gasteiger partial charge is 0.497 e. The lowest BCUT2D eigenvalue weighted by molar-refractivity contribution is -0.137. The number of aromatic nitrogens is 1. The Morgan fingerprint density at radius 3 is 2.57 bits per heavy atom. The molecule has 23 heavy (non-hydrogen) atoms. The molecule has 2 rings (SSSR count). The Morgan fingerprint density at radius 2 is 2.00 bits per heavy atom. The van der Waals surface area contributed by atoms with Crippen molar-refractivity contribution in [3.8, 4) is 11.8 Å². The zero-order chi connectivity index (χ0) is 16.7. The average molecular weight is 310 g/mol. The predicted molar refractivity (Wildman–Crippen MR) is 82.7 cm³/mol. The molecule has 2 aromatic rings. The lowest BCUT2D eigenvalue weighted by Crippen LogP contribution is -2.15. The molecule has 0 amide bonds. The molecule has 0 bridgehead atoms. The number of carbonyl (C=O) groups excluding carboxylic acids is 2. The third-order valence-electron chi connectivity index (χ3n) is 3.00. The number of esters is 1. The van der Waals surface area contributed by atoms with Gasteiger partial charge in [0.1, 0.15) is 17.4 Å². The van der Waals surface area contributed by atoms with Gasteiger partial charge < -0.3 is 14.5 Å². The molecule has 0 spiro atoms. The minimum absolute atomic E-state index is 0.186. The lowest BCUT2D eigenvalue weighted by atomic mass is 10.1. The highest BCUT2D eigenvalue weighted by molar-refractivity contribution is 6.01. The zero-order valence-electron chi connectivity index (χ0n) is 12.4. The Morgan fingerprint density at radius 1 is 1.26 bits per heavy atom. The molecule has 116 valence electrons. The van der Waals surface area contributed by atoms with Crippen LogP contribution in [0.5, 0.6) is 5.75 Å². The van der Waals surface area contributed by atoms with Crippen molar-refractivity contribution in [1.29, 1.82) is 5.26 Å². The van der Waals surface area contributed by atoms with Gasteiger partial charge in [-0.2, -0.15) is 5.26 Å². The van der Waals surface area contributed by atoms with Crippen molar-refractivity contribution in [1.82, 2.24) is 4.98 Å². The lowest BCUT2D eigenvalue weighted by Gasteiger charge is -2.03. The maximum atomic E-state index is 11.9. The molecule has 0 radical (unpaired) electrons. The van der Waals surface area contributed by atoms with Crippen molar-refractivity contribution >= 4 is 17.8 Å². The summed E-state index contributed by atoms with van der Waals surface area (Å²) in [5.41, 5.74) is 0.805. The van der Waals surface area contributed by atoms with Crippen molar-refractivity contribution in [3.05, 3.63) is 59.4 Å². The second kappa shape index (κ2) is 7.61. The van der Waals surface area contributed by atoms with E-state index in [0.717, 1.165) is 0 Å². The van der Waals surface area contributed by atoms with Gasteiger partial charge >= 0.3 is 5.97 Å². The van der Waals surface area contributed by atoms with E-state index in [2.05, 4.69) is 4.98 Å². The summed E-state index contributed by atoms with van der Waals surface area (Å²) < 4.78 is 9.90. The van der Waals surface area contributed by atoms with Crippen LogP contribution in [-0.4, -0.2) is 30.5 Å². The predicted octanol–water partition coefficient (Wildman–Crippen LogP) is 2.36. The molecule has 1 aromatic carbocycles. The molecular formula is C17H14N2O4. The highest BCUT2D eigenvalue weighted by Gasteiger charge is 2.14. The quantitative estimate of drug-likeness (QED) is 0.383. The van der Waals surface area contributed by atoms with Crippen LogP contribution in [0.2, 0.25) is 0 Å². The van der Waals surface area contributed by atoms with Crippen LogP contribution in [0.25, 0.3) is 6.08 Å². The average Bonchev–Trinajstić information content (AvgIpc) is 3.12. The number of carbonyl (C=O) groups is 2. The van der Waals surface area contributed by atoms with E-state index in [1.807, 2.05) is 0 Å². The third-order valence-corrected chi connectivity index (χ3v) is 3.00. The van der Waals surface area contributed by atoms with Crippen LogP contribution in [-0.2, 0) is 9.53 Å². The number of benzene rings is 1. The smallest absolute Gasteiger partial charge is 0.349 e. The standard InChI is InChI=1S/C17H14N2O4/c1-22-14-6-4-12(5-7-14)9-13(10-18)17(21)23-11-16(20)15-3-2-8-19-15/h2-9,19H,11H2,1H3/b13-9-. The van der Waals surface area contributed by atoms with Gasteiger partial charge in [0, 0.05) is 6.20 Å². The molecule has 0 fully saturated rings. The summed E-state index contributed by atoms with van der Waals surface area (Å²) >= 11 is 0. The molecule has 1 heterocycles. The van der Waals surface area contributed by atoms with Crippen LogP contribution >= 0.6 is 0 Å². The Labute approximate surface area is 133 Å². The van der Waals surface area contributed by atoms with Gasteiger partial charge in [0.2, 0.25) is 5.78 Å². The summed E-state index contributed by atoms with van der Waals surface area (Å²) in [7, 11) is 1.55. The molecule has 1 aromatic heterocycles. The Kier molecular flexibility index (Phi) is 5.31. The van der Waals surface area contributed by atoms with Crippen LogP contribution in [0.4, 0.5) is 0 Å². The summed E-state index contributed by atoms with van der Waals surface area (Å²) in [6, 6.07) is 11.8. The van der Waals surface area contributed by atoms with Gasteiger partial charge in [0.05, 0.1) is 12.8 Å². The van der Waals surface area contributed by atoms with Crippen LogP contribution in [0.3, 0.4) is 0 Å². The number of nitrogens with one attached hydrogen (secondary N) is 1. The van der Waals surface area contributed by atoms with Crippen LogP contribution in [0, 0.1) is 11.3 Å². The van der Waals surface area contributed by atoms with Gasteiger partial charge in [-0.1, -0.05) is 12.1 Å². The SMILES string of the molecule is COc1ccc(/C=C(/C#N)C(=O)OCC(=O)c2ccc[nH]2)cc1. The summed E-state index contributed by atoms with van der Waals surface area (Å²) in [5, 5.41) is 9.07. The van der Waals surface area contributed by atoms with Gasteiger partial charge in [-0.25, -0.2) is 4.79 Å². The van der Waals surface area contributed by atoms with Crippen molar-refractivity contribution in [3.63, 3.8) is 0 Å². The highest BCUT2D eigenvalue weighted by atomic mass is 16.5. The highest BCUT2D eigenvalue weighted by Crippen LogP contribution is 2.14. The molecule has 0 unspecified atom stereocenters. The first kappa shape index (κ1) is 16.0.